The van der Waals surface area contributed by atoms with Gasteiger partial charge >= 0.3 is 0 Å². The van der Waals surface area contributed by atoms with E-state index >= 15 is 0 Å². The van der Waals surface area contributed by atoms with Gasteiger partial charge in [-0.2, -0.15) is 0 Å². The summed E-state index contributed by atoms with van der Waals surface area (Å²) < 4.78 is 6.47. The molecule has 1 heterocycles. The molecule has 2 rings (SSSR count). The Hall–Kier alpha value is -1.86. The zero-order chi connectivity index (χ0) is 15.9. The summed E-state index contributed by atoms with van der Waals surface area (Å²) in [4.78, 5) is 28.7. The van der Waals surface area contributed by atoms with Crippen LogP contribution in [0, 0.1) is 0 Å². The van der Waals surface area contributed by atoms with E-state index in [1.165, 1.54) is 11.8 Å². The summed E-state index contributed by atoms with van der Waals surface area (Å²) in [6, 6.07) is 7.24. The van der Waals surface area contributed by atoms with Gasteiger partial charge in [0.05, 0.1) is 23.3 Å². The Labute approximate surface area is 132 Å². The van der Waals surface area contributed by atoms with E-state index in [9.17, 15) is 9.59 Å². The van der Waals surface area contributed by atoms with Crippen LogP contribution in [0.15, 0.2) is 34.2 Å². The van der Waals surface area contributed by atoms with E-state index in [1.807, 2.05) is 19.1 Å². The first-order valence-electron chi connectivity index (χ1n) is 7.05. The van der Waals surface area contributed by atoms with Gasteiger partial charge in [-0.25, -0.2) is 4.98 Å². The van der Waals surface area contributed by atoms with Crippen molar-refractivity contribution in [3.05, 3.63) is 34.6 Å². The lowest BCUT2D eigenvalue weighted by Gasteiger charge is -2.11. The normalized spacial score (nSPS) is 10.8. The van der Waals surface area contributed by atoms with Crippen LogP contribution in [0.2, 0.25) is 0 Å². The maximum absolute atomic E-state index is 12.4. The first-order valence-corrected chi connectivity index (χ1v) is 8.04. The zero-order valence-electron chi connectivity index (χ0n) is 12.7. The van der Waals surface area contributed by atoms with E-state index in [1.54, 1.807) is 23.8 Å². The number of amides is 1. The minimum atomic E-state index is -0.105. The van der Waals surface area contributed by atoms with Gasteiger partial charge in [0, 0.05) is 20.2 Å². The molecule has 0 aliphatic rings. The number of carbonyl (C=O) groups excluding carboxylic acids is 1. The molecular formula is C15H19N3O3S. The van der Waals surface area contributed by atoms with Crippen LogP contribution in [0.5, 0.6) is 0 Å². The molecular weight excluding hydrogens is 302 g/mol. The molecule has 7 heteroatoms. The van der Waals surface area contributed by atoms with Crippen LogP contribution in [0.25, 0.3) is 10.9 Å². The number of methoxy groups -OCH3 is 1. The summed E-state index contributed by atoms with van der Waals surface area (Å²) in [6.45, 7) is 3.36. The fraction of sp³-hybridized carbons (Fsp3) is 0.400. The van der Waals surface area contributed by atoms with Gasteiger partial charge in [0.2, 0.25) is 5.91 Å². The third kappa shape index (κ3) is 3.86. The van der Waals surface area contributed by atoms with Crippen molar-refractivity contribution in [1.29, 1.82) is 0 Å². The summed E-state index contributed by atoms with van der Waals surface area (Å²) in [7, 11) is 1.58. The van der Waals surface area contributed by atoms with Gasteiger partial charge in [0.25, 0.3) is 5.56 Å². The topological polar surface area (TPSA) is 73.2 Å². The Balaban J connectivity index is 2.17. The predicted octanol–water partition coefficient (Wildman–Crippen LogP) is 1.27. The molecule has 1 aromatic heterocycles. The van der Waals surface area contributed by atoms with E-state index in [4.69, 9.17) is 4.74 Å². The number of nitrogens with one attached hydrogen (secondary N) is 1. The van der Waals surface area contributed by atoms with Crippen LogP contribution in [0.3, 0.4) is 0 Å². The van der Waals surface area contributed by atoms with Crippen molar-refractivity contribution in [2.24, 2.45) is 0 Å². The fourth-order valence-corrected chi connectivity index (χ4v) is 2.90. The number of benzene rings is 1. The maximum Gasteiger partial charge on any atom is 0.262 e. The van der Waals surface area contributed by atoms with Crippen molar-refractivity contribution in [3.63, 3.8) is 0 Å². The number of para-hydroxylation sites is 1. The Bertz CT molecular complexity index is 715. The van der Waals surface area contributed by atoms with Crippen LogP contribution in [0.1, 0.15) is 6.92 Å². The standard InChI is InChI=1S/C15H19N3O3S/c1-3-18-14(20)11-6-4-5-7-12(11)17-15(18)22-10-13(19)16-8-9-21-2/h4-7H,3,8-10H2,1-2H3,(H,16,19). The van der Waals surface area contributed by atoms with Gasteiger partial charge in [-0.05, 0) is 19.1 Å². The molecule has 2 aromatic rings. The molecule has 0 bridgehead atoms. The third-order valence-electron chi connectivity index (χ3n) is 3.10. The Kier molecular flexibility index (Phi) is 5.97. The lowest BCUT2D eigenvalue weighted by Crippen LogP contribution is -2.29. The highest BCUT2D eigenvalue weighted by molar-refractivity contribution is 7.99. The molecule has 22 heavy (non-hydrogen) atoms. The molecule has 1 aromatic carbocycles. The molecule has 0 fully saturated rings. The van der Waals surface area contributed by atoms with Gasteiger partial charge < -0.3 is 10.1 Å². The summed E-state index contributed by atoms with van der Waals surface area (Å²) >= 11 is 1.27. The van der Waals surface area contributed by atoms with Crippen molar-refractivity contribution < 1.29 is 9.53 Å². The zero-order valence-corrected chi connectivity index (χ0v) is 13.5. The van der Waals surface area contributed by atoms with E-state index in [-0.39, 0.29) is 17.2 Å². The molecule has 0 atom stereocenters. The number of hydrogen-bond donors (Lipinski definition) is 1. The number of ether oxygens (including phenoxy) is 1. The maximum atomic E-state index is 12.4. The highest BCUT2D eigenvalue weighted by atomic mass is 32.2. The second kappa shape index (κ2) is 7.95. The van der Waals surface area contributed by atoms with E-state index < -0.39 is 0 Å². The molecule has 6 nitrogen and oxygen atoms in total. The Morgan fingerprint density at radius 1 is 1.41 bits per heavy atom. The second-order valence-electron chi connectivity index (χ2n) is 4.59. The number of nitrogens with zero attached hydrogens (tertiary/aromatic N) is 2. The van der Waals surface area contributed by atoms with Crippen LogP contribution < -0.4 is 10.9 Å². The molecule has 0 radical (unpaired) electrons. The molecule has 0 saturated heterocycles. The van der Waals surface area contributed by atoms with E-state index in [2.05, 4.69) is 10.3 Å². The summed E-state index contributed by atoms with van der Waals surface area (Å²) in [5.74, 6) is 0.112. The lowest BCUT2D eigenvalue weighted by molar-refractivity contribution is -0.118. The van der Waals surface area contributed by atoms with E-state index in [0.29, 0.717) is 35.8 Å². The molecule has 0 saturated carbocycles. The largest absolute Gasteiger partial charge is 0.383 e. The first kappa shape index (κ1) is 16.5. The van der Waals surface area contributed by atoms with Crippen LogP contribution >= 0.6 is 11.8 Å². The van der Waals surface area contributed by atoms with Crippen molar-refractivity contribution in [1.82, 2.24) is 14.9 Å². The number of fused-ring (bicyclic) bond motifs is 1. The van der Waals surface area contributed by atoms with E-state index in [0.717, 1.165) is 0 Å². The number of hydrogen-bond acceptors (Lipinski definition) is 5. The summed E-state index contributed by atoms with van der Waals surface area (Å²) in [6.07, 6.45) is 0. The predicted molar refractivity (Wildman–Crippen MR) is 87.3 cm³/mol. The van der Waals surface area contributed by atoms with Gasteiger partial charge in [-0.1, -0.05) is 23.9 Å². The molecule has 0 aliphatic heterocycles. The van der Waals surface area contributed by atoms with Gasteiger partial charge in [-0.3, -0.25) is 14.2 Å². The number of aromatic nitrogens is 2. The van der Waals surface area contributed by atoms with Crippen molar-refractivity contribution >= 4 is 28.6 Å². The average molecular weight is 321 g/mol. The van der Waals surface area contributed by atoms with Crippen LogP contribution in [0.4, 0.5) is 0 Å². The second-order valence-corrected chi connectivity index (χ2v) is 5.53. The first-order chi connectivity index (χ1) is 10.7. The monoisotopic (exact) mass is 321 g/mol. The summed E-state index contributed by atoms with van der Waals surface area (Å²) in [5.41, 5.74) is 0.579. The molecule has 0 aliphatic carbocycles. The minimum Gasteiger partial charge on any atom is -0.383 e. The van der Waals surface area contributed by atoms with Gasteiger partial charge in [-0.15, -0.1) is 0 Å². The lowest BCUT2D eigenvalue weighted by atomic mass is 10.2. The average Bonchev–Trinajstić information content (AvgIpc) is 2.53. The number of rotatable bonds is 7. The van der Waals surface area contributed by atoms with Crippen molar-refractivity contribution in [3.8, 4) is 0 Å². The van der Waals surface area contributed by atoms with Gasteiger partial charge in [0.15, 0.2) is 5.16 Å². The molecule has 0 unspecified atom stereocenters. The highest BCUT2D eigenvalue weighted by Crippen LogP contribution is 2.17. The molecule has 1 N–H and O–H groups in total. The molecule has 118 valence electrons. The highest BCUT2D eigenvalue weighted by Gasteiger charge is 2.11. The Morgan fingerprint density at radius 3 is 2.91 bits per heavy atom. The SMILES string of the molecule is CCn1c(SCC(=O)NCCOC)nc2ccccc2c1=O. The van der Waals surface area contributed by atoms with Crippen LogP contribution in [-0.4, -0.2) is 41.5 Å². The minimum absolute atomic E-state index is 0.0737. The number of thioether (sulfide) groups is 1. The van der Waals surface area contributed by atoms with Crippen LogP contribution in [-0.2, 0) is 16.1 Å². The Morgan fingerprint density at radius 2 is 2.18 bits per heavy atom. The summed E-state index contributed by atoms with van der Waals surface area (Å²) in [5, 5.41) is 3.90. The smallest absolute Gasteiger partial charge is 0.262 e. The van der Waals surface area contributed by atoms with Gasteiger partial charge in [0.1, 0.15) is 0 Å². The molecule has 1 amide bonds. The number of carbonyl (C=O) groups is 1. The quantitative estimate of drug-likeness (QED) is 0.472. The van der Waals surface area contributed by atoms with Crippen molar-refractivity contribution in [2.45, 2.75) is 18.6 Å². The fourth-order valence-electron chi connectivity index (χ4n) is 2.01. The third-order valence-corrected chi connectivity index (χ3v) is 4.08. The van der Waals surface area contributed by atoms with Crippen molar-refractivity contribution in [2.75, 3.05) is 26.0 Å². The molecule has 0 spiro atoms.